The van der Waals surface area contributed by atoms with Crippen molar-refractivity contribution in [1.82, 2.24) is 10.2 Å². The molecule has 0 bridgehead atoms. The van der Waals surface area contributed by atoms with E-state index in [9.17, 15) is 4.79 Å². The molecule has 0 saturated carbocycles. The third-order valence-electron chi connectivity index (χ3n) is 3.44. The SMILES string of the molecule is Cc1cccc(C)c1OCCC(=O)N1CCNCC1. The van der Waals surface area contributed by atoms with Crippen molar-refractivity contribution in [2.45, 2.75) is 20.3 Å². The van der Waals surface area contributed by atoms with E-state index in [-0.39, 0.29) is 5.91 Å². The van der Waals surface area contributed by atoms with Gasteiger partial charge in [0, 0.05) is 26.2 Å². The number of aryl methyl sites for hydroxylation is 2. The van der Waals surface area contributed by atoms with Crippen LogP contribution in [0, 0.1) is 13.8 Å². The summed E-state index contributed by atoms with van der Waals surface area (Å²) in [5.74, 6) is 1.10. The van der Waals surface area contributed by atoms with Crippen LogP contribution in [-0.2, 0) is 4.79 Å². The average molecular weight is 262 g/mol. The molecule has 0 radical (unpaired) electrons. The molecule has 2 rings (SSSR count). The first-order valence-corrected chi connectivity index (χ1v) is 6.86. The van der Waals surface area contributed by atoms with Crippen molar-refractivity contribution in [3.8, 4) is 5.75 Å². The maximum absolute atomic E-state index is 12.0. The molecule has 1 aromatic rings. The Kier molecular flexibility index (Phi) is 4.80. The van der Waals surface area contributed by atoms with Crippen LogP contribution in [0.3, 0.4) is 0 Å². The second-order valence-corrected chi connectivity index (χ2v) is 4.95. The van der Waals surface area contributed by atoms with E-state index >= 15 is 0 Å². The summed E-state index contributed by atoms with van der Waals surface area (Å²) in [5, 5.41) is 3.24. The molecule has 4 heteroatoms. The molecule has 104 valence electrons. The molecule has 1 aliphatic heterocycles. The average Bonchev–Trinajstić information content (AvgIpc) is 2.43. The van der Waals surface area contributed by atoms with Gasteiger partial charge >= 0.3 is 0 Å². The number of amides is 1. The smallest absolute Gasteiger partial charge is 0.226 e. The zero-order valence-corrected chi connectivity index (χ0v) is 11.7. The summed E-state index contributed by atoms with van der Waals surface area (Å²) in [5.41, 5.74) is 2.24. The van der Waals surface area contributed by atoms with Crippen molar-refractivity contribution in [3.05, 3.63) is 29.3 Å². The lowest BCUT2D eigenvalue weighted by atomic mass is 10.1. The Morgan fingerprint density at radius 1 is 1.26 bits per heavy atom. The molecule has 1 N–H and O–H groups in total. The summed E-state index contributed by atoms with van der Waals surface area (Å²) < 4.78 is 5.77. The van der Waals surface area contributed by atoms with Gasteiger partial charge in [-0.15, -0.1) is 0 Å². The van der Waals surface area contributed by atoms with Crippen LogP contribution >= 0.6 is 0 Å². The lowest BCUT2D eigenvalue weighted by Gasteiger charge is -2.27. The third kappa shape index (κ3) is 3.70. The van der Waals surface area contributed by atoms with E-state index in [4.69, 9.17) is 4.74 Å². The van der Waals surface area contributed by atoms with Gasteiger partial charge in [0.1, 0.15) is 5.75 Å². The molecule has 19 heavy (non-hydrogen) atoms. The van der Waals surface area contributed by atoms with E-state index in [1.165, 1.54) is 0 Å². The lowest BCUT2D eigenvalue weighted by molar-refractivity contribution is -0.132. The largest absolute Gasteiger partial charge is 0.493 e. The highest BCUT2D eigenvalue weighted by Crippen LogP contribution is 2.22. The number of hydrogen-bond acceptors (Lipinski definition) is 3. The first kappa shape index (κ1) is 13.9. The van der Waals surface area contributed by atoms with Gasteiger partial charge in [0.15, 0.2) is 0 Å². The van der Waals surface area contributed by atoms with Crippen molar-refractivity contribution in [3.63, 3.8) is 0 Å². The molecule has 1 aliphatic rings. The first-order chi connectivity index (χ1) is 9.18. The first-order valence-electron chi connectivity index (χ1n) is 6.86. The summed E-state index contributed by atoms with van der Waals surface area (Å²) >= 11 is 0. The van der Waals surface area contributed by atoms with Crippen LogP contribution in [0.4, 0.5) is 0 Å². The predicted molar refractivity (Wildman–Crippen MR) is 75.5 cm³/mol. The van der Waals surface area contributed by atoms with E-state index in [2.05, 4.69) is 5.32 Å². The molecule has 0 spiro atoms. The fraction of sp³-hybridized carbons (Fsp3) is 0.533. The van der Waals surface area contributed by atoms with E-state index in [0.29, 0.717) is 13.0 Å². The normalized spacial score (nSPS) is 15.4. The van der Waals surface area contributed by atoms with Gasteiger partial charge in [0.25, 0.3) is 0 Å². The molecule has 1 saturated heterocycles. The van der Waals surface area contributed by atoms with Gasteiger partial charge in [-0.1, -0.05) is 18.2 Å². The Morgan fingerprint density at radius 2 is 1.89 bits per heavy atom. The number of carbonyl (C=O) groups is 1. The number of benzene rings is 1. The molecule has 4 nitrogen and oxygen atoms in total. The summed E-state index contributed by atoms with van der Waals surface area (Å²) in [6, 6.07) is 6.07. The van der Waals surface area contributed by atoms with Crippen LogP contribution in [0.15, 0.2) is 18.2 Å². The zero-order valence-electron chi connectivity index (χ0n) is 11.7. The van der Waals surface area contributed by atoms with Crippen LogP contribution in [0.1, 0.15) is 17.5 Å². The maximum atomic E-state index is 12.0. The number of nitrogens with one attached hydrogen (secondary N) is 1. The number of hydrogen-bond donors (Lipinski definition) is 1. The summed E-state index contributed by atoms with van der Waals surface area (Å²) in [6.07, 6.45) is 0.452. The Balaban J connectivity index is 1.81. The molecule has 1 heterocycles. The molecule has 0 unspecified atom stereocenters. The summed E-state index contributed by atoms with van der Waals surface area (Å²) in [7, 11) is 0. The van der Waals surface area contributed by atoms with E-state index in [1.54, 1.807) is 0 Å². The van der Waals surface area contributed by atoms with Gasteiger partial charge in [0.05, 0.1) is 13.0 Å². The van der Waals surface area contributed by atoms with Crippen molar-refractivity contribution < 1.29 is 9.53 Å². The molecule has 1 aromatic carbocycles. The molecule has 1 amide bonds. The Labute approximate surface area is 114 Å². The van der Waals surface area contributed by atoms with Crippen LogP contribution in [0.25, 0.3) is 0 Å². The molecule has 0 aliphatic carbocycles. The topological polar surface area (TPSA) is 41.6 Å². The highest BCUT2D eigenvalue weighted by Gasteiger charge is 2.16. The predicted octanol–water partition coefficient (Wildman–Crippen LogP) is 1.50. The number of ether oxygens (including phenoxy) is 1. The van der Waals surface area contributed by atoms with Crippen molar-refractivity contribution in [2.75, 3.05) is 32.8 Å². The number of para-hydroxylation sites is 1. The highest BCUT2D eigenvalue weighted by molar-refractivity contribution is 5.76. The fourth-order valence-corrected chi connectivity index (χ4v) is 2.34. The van der Waals surface area contributed by atoms with E-state index in [0.717, 1.165) is 43.1 Å². The third-order valence-corrected chi connectivity index (χ3v) is 3.44. The van der Waals surface area contributed by atoms with Crippen molar-refractivity contribution in [1.29, 1.82) is 0 Å². The minimum absolute atomic E-state index is 0.188. The van der Waals surface area contributed by atoms with Crippen LogP contribution in [-0.4, -0.2) is 43.6 Å². The van der Waals surface area contributed by atoms with Crippen molar-refractivity contribution in [2.24, 2.45) is 0 Å². The van der Waals surface area contributed by atoms with Crippen LogP contribution in [0.5, 0.6) is 5.75 Å². The molecule has 0 aromatic heterocycles. The van der Waals surface area contributed by atoms with Gasteiger partial charge in [0.2, 0.25) is 5.91 Å². The van der Waals surface area contributed by atoms with Crippen LogP contribution < -0.4 is 10.1 Å². The van der Waals surface area contributed by atoms with Gasteiger partial charge in [-0.05, 0) is 25.0 Å². The standard InChI is InChI=1S/C15H22N2O2/c1-12-4-3-5-13(2)15(12)19-11-6-14(18)17-9-7-16-8-10-17/h3-5,16H,6-11H2,1-2H3. The fourth-order valence-electron chi connectivity index (χ4n) is 2.34. The van der Waals surface area contributed by atoms with E-state index < -0.39 is 0 Å². The van der Waals surface area contributed by atoms with Gasteiger partial charge in [-0.25, -0.2) is 0 Å². The lowest BCUT2D eigenvalue weighted by Crippen LogP contribution is -2.46. The molecule has 1 fully saturated rings. The minimum atomic E-state index is 0.188. The van der Waals surface area contributed by atoms with E-state index in [1.807, 2.05) is 36.9 Å². The Morgan fingerprint density at radius 3 is 2.53 bits per heavy atom. The highest BCUT2D eigenvalue weighted by atomic mass is 16.5. The number of carbonyl (C=O) groups excluding carboxylic acids is 1. The second-order valence-electron chi connectivity index (χ2n) is 4.95. The number of nitrogens with zero attached hydrogens (tertiary/aromatic N) is 1. The molecular formula is C15H22N2O2. The summed E-state index contributed by atoms with van der Waals surface area (Å²) in [6.45, 7) is 7.91. The monoisotopic (exact) mass is 262 g/mol. The number of rotatable bonds is 4. The van der Waals surface area contributed by atoms with Crippen LogP contribution in [0.2, 0.25) is 0 Å². The Hall–Kier alpha value is -1.55. The van der Waals surface area contributed by atoms with Gasteiger partial charge in [-0.2, -0.15) is 0 Å². The maximum Gasteiger partial charge on any atom is 0.226 e. The molecular weight excluding hydrogens is 240 g/mol. The van der Waals surface area contributed by atoms with Crippen molar-refractivity contribution >= 4 is 5.91 Å². The van der Waals surface area contributed by atoms with Gasteiger partial charge in [-0.3, -0.25) is 4.79 Å². The molecule has 0 atom stereocenters. The summed E-state index contributed by atoms with van der Waals surface area (Å²) in [4.78, 5) is 13.9. The second kappa shape index (κ2) is 6.57. The quantitative estimate of drug-likeness (QED) is 0.894. The minimum Gasteiger partial charge on any atom is -0.493 e. The number of piperazine rings is 1. The zero-order chi connectivity index (χ0) is 13.7. The van der Waals surface area contributed by atoms with Gasteiger partial charge < -0.3 is 15.0 Å². The Bertz CT molecular complexity index is 420.